The van der Waals surface area contributed by atoms with Crippen LogP contribution in [0.1, 0.15) is 33.6 Å². The van der Waals surface area contributed by atoms with Gasteiger partial charge in [-0.05, 0) is 67.9 Å². The summed E-state index contributed by atoms with van der Waals surface area (Å²) >= 11 is 0. The number of benzene rings is 2. The Morgan fingerprint density at radius 3 is 2.30 bits per heavy atom. The number of nitrogens with one attached hydrogen (secondary N) is 2. The fourth-order valence-electron chi connectivity index (χ4n) is 3.99. The molecule has 46 heavy (non-hydrogen) atoms. The number of carbonyl (C=O) groups excluding carboxylic acids is 3. The van der Waals surface area contributed by atoms with Gasteiger partial charge in [0.1, 0.15) is 0 Å². The number of anilines is 3. The van der Waals surface area contributed by atoms with Gasteiger partial charge in [-0.25, -0.2) is 15.0 Å². The lowest BCUT2D eigenvalue weighted by molar-refractivity contribution is -0.322. The second-order valence-corrected chi connectivity index (χ2v) is 9.73. The Labute approximate surface area is 259 Å². The highest BCUT2D eigenvalue weighted by atomic mass is 19.4. The number of aryl methyl sites for hydroxylation is 2. The number of carboxylic acids is 2. The molecule has 0 unspecified atom stereocenters. The first-order chi connectivity index (χ1) is 21.8. The summed E-state index contributed by atoms with van der Waals surface area (Å²) < 4.78 is 42.3. The Bertz CT molecular complexity index is 1870. The molecule has 12 nitrogen and oxygen atoms in total. The monoisotopic (exact) mass is 631 g/mol. The average Bonchev–Trinajstić information content (AvgIpc) is 3.44. The van der Waals surface area contributed by atoms with Crippen LogP contribution in [0.3, 0.4) is 0 Å². The van der Waals surface area contributed by atoms with Gasteiger partial charge in [0.15, 0.2) is 0 Å². The second kappa shape index (κ2) is 14.1. The lowest BCUT2D eigenvalue weighted by Crippen LogP contribution is -2.32. The van der Waals surface area contributed by atoms with Crippen LogP contribution < -0.4 is 20.8 Å². The van der Waals surface area contributed by atoms with E-state index in [1.54, 1.807) is 62.0 Å². The van der Waals surface area contributed by atoms with Gasteiger partial charge in [-0.15, -0.1) is 0 Å². The molecule has 15 heteroatoms. The summed E-state index contributed by atoms with van der Waals surface area (Å²) in [6.45, 7) is 3.58. The van der Waals surface area contributed by atoms with E-state index < -0.39 is 36.0 Å². The fourth-order valence-corrected chi connectivity index (χ4v) is 3.99. The Morgan fingerprint density at radius 1 is 0.935 bits per heavy atom. The smallest absolute Gasteiger partial charge is 0.416 e. The molecule has 0 aliphatic heterocycles. The van der Waals surface area contributed by atoms with Gasteiger partial charge in [-0.1, -0.05) is 6.07 Å². The molecule has 0 saturated heterocycles. The number of hydrogen-bond acceptors (Lipinski definition) is 10. The number of rotatable bonds is 8. The first kappa shape index (κ1) is 32.8. The number of aliphatic carboxylic acids is 2. The summed E-state index contributed by atoms with van der Waals surface area (Å²) in [5, 5.41) is 24.3. The van der Waals surface area contributed by atoms with E-state index in [1.807, 2.05) is 13.0 Å². The number of alkyl halides is 3. The molecular formula is C31H24F3N7O5-2. The molecule has 2 N–H and O–H groups in total. The molecular weight excluding hydrogens is 607 g/mol. The molecule has 3 heterocycles. The summed E-state index contributed by atoms with van der Waals surface area (Å²) in [7, 11) is 0. The summed E-state index contributed by atoms with van der Waals surface area (Å²) in [5.41, 5.74) is 3.09. The van der Waals surface area contributed by atoms with Gasteiger partial charge in [0.05, 0.1) is 23.3 Å². The maximum absolute atomic E-state index is 13.6. The van der Waals surface area contributed by atoms with Crippen molar-refractivity contribution >= 4 is 35.2 Å². The van der Waals surface area contributed by atoms with Crippen LogP contribution in [0.25, 0.3) is 16.9 Å². The zero-order valence-corrected chi connectivity index (χ0v) is 24.2. The summed E-state index contributed by atoms with van der Waals surface area (Å²) in [6, 6.07) is 13.7. The van der Waals surface area contributed by atoms with Gasteiger partial charge in [0, 0.05) is 71.3 Å². The second-order valence-electron chi connectivity index (χ2n) is 9.73. The van der Waals surface area contributed by atoms with E-state index in [0.29, 0.717) is 23.0 Å². The van der Waals surface area contributed by atoms with Gasteiger partial charge in [0.25, 0.3) is 5.91 Å². The molecule has 0 radical (unpaired) electrons. The van der Waals surface area contributed by atoms with Crippen LogP contribution in [0.4, 0.5) is 30.5 Å². The van der Waals surface area contributed by atoms with E-state index in [0.717, 1.165) is 23.3 Å². The largest absolute Gasteiger partial charge is 0.550 e. The first-order valence-electron chi connectivity index (χ1n) is 13.3. The van der Waals surface area contributed by atoms with Crippen molar-refractivity contribution in [2.45, 2.75) is 26.4 Å². The third-order valence-corrected chi connectivity index (χ3v) is 6.16. The van der Waals surface area contributed by atoms with E-state index in [1.165, 1.54) is 17.0 Å². The standard InChI is InChI=1S/C28H22F3N7O.C3H4O4/c1-17-5-6-19(10-25(17)37-27-33-9-7-24(36-27)20-4-3-8-32-14-20)26(39)35-22-11-21(28(29,30)31)12-23(13-22)38-15-18(2)34-16-38;4-2(5)1-3(6)7/h3-16H,1-2H3,(H,35,39)(H,33,36,37);1H2,(H,4,5)(H,6,7)/p-2. The minimum atomic E-state index is -4.60. The van der Waals surface area contributed by atoms with Gasteiger partial charge < -0.3 is 35.0 Å². The molecule has 3 aromatic heterocycles. The maximum Gasteiger partial charge on any atom is 0.416 e. The molecule has 0 spiro atoms. The van der Waals surface area contributed by atoms with Crippen molar-refractivity contribution in [1.82, 2.24) is 24.5 Å². The van der Waals surface area contributed by atoms with Gasteiger partial charge in [-0.3, -0.25) is 9.78 Å². The van der Waals surface area contributed by atoms with E-state index >= 15 is 0 Å². The van der Waals surface area contributed by atoms with Crippen LogP contribution in [-0.4, -0.2) is 42.3 Å². The number of carbonyl (C=O) groups is 3. The van der Waals surface area contributed by atoms with Crippen molar-refractivity contribution in [3.63, 3.8) is 0 Å². The lowest BCUT2D eigenvalue weighted by Gasteiger charge is -2.14. The number of nitrogens with zero attached hydrogens (tertiary/aromatic N) is 5. The van der Waals surface area contributed by atoms with Gasteiger partial charge in [-0.2, -0.15) is 13.2 Å². The topological polar surface area (TPSA) is 178 Å². The molecule has 0 atom stereocenters. The minimum Gasteiger partial charge on any atom is -0.550 e. The van der Waals surface area contributed by atoms with Crippen molar-refractivity contribution in [3.05, 3.63) is 108 Å². The SMILES string of the molecule is Cc1cn(-c2cc(NC(=O)c3ccc(C)c(Nc4nccc(-c5cccnc5)n4)c3)cc(C(F)(F)F)c2)cn1.O=C([O-])CC(=O)[O-]. The molecule has 0 saturated carbocycles. The third kappa shape index (κ3) is 8.95. The van der Waals surface area contributed by atoms with Crippen molar-refractivity contribution in [2.24, 2.45) is 0 Å². The molecule has 0 aliphatic carbocycles. The number of pyridine rings is 1. The normalized spacial score (nSPS) is 10.8. The lowest BCUT2D eigenvalue weighted by atomic mass is 10.1. The van der Waals surface area contributed by atoms with E-state index in [-0.39, 0.29) is 16.9 Å². The van der Waals surface area contributed by atoms with Crippen LogP contribution in [0.5, 0.6) is 0 Å². The van der Waals surface area contributed by atoms with Crippen molar-refractivity contribution in [1.29, 1.82) is 0 Å². The number of aromatic nitrogens is 5. The molecule has 0 fully saturated rings. The Balaban J connectivity index is 0.000000617. The van der Waals surface area contributed by atoms with Gasteiger partial charge in [0.2, 0.25) is 5.95 Å². The molecule has 0 bridgehead atoms. The number of halogens is 3. The van der Waals surface area contributed by atoms with Crippen molar-refractivity contribution in [3.8, 4) is 16.9 Å². The molecule has 236 valence electrons. The average molecular weight is 632 g/mol. The number of amides is 1. The molecule has 0 aliphatic rings. The number of imidazole rings is 1. The van der Waals surface area contributed by atoms with Gasteiger partial charge >= 0.3 is 6.18 Å². The Hall–Kier alpha value is -6.12. The van der Waals surface area contributed by atoms with E-state index in [9.17, 15) is 37.8 Å². The highest BCUT2D eigenvalue weighted by Crippen LogP contribution is 2.33. The Kier molecular flexibility index (Phi) is 10.1. The summed E-state index contributed by atoms with van der Waals surface area (Å²) in [6.07, 6.45) is 2.36. The molecule has 1 amide bonds. The minimum absolute atomic E-state index is 0.00114. The van der Waals surface area contributed by atoms with Crippen LogP contribution >= 0.6 is 0 Å². The molecule has 2 aromatic carbocycles. The Morgan fingerprint density at radius 2 is 1.70 bits per heavy atom. The van der Waals surface area contributed by atoms with Crippen LogP contribution in [0, 0.1) is 13.8 Å². The quantitative estimate of drug-likeness (QED) is 0.242. The first-order valence-corrected chi connectivity index (χ1v) is 13.3. The van der Waals surface area contributed by atoms with Crippen LogP contribution in [0.15, 0.2) is 85.7 Å². The van der Waals surface area contributed by atoms with E-state index in [4.69, 9.17) is 0 Å². The van der Waals surface area contributed by atoms with Crippen molar-refractivity contribution < 1.29 is 37.8 Å². The molecule has 5 aromatic rings. The highest BCUT2D eigenvalue weighted by Gasteiger charge is 2.31. The number of carboxylic acid groups (broad SMARTS) is 2. The maximum atomic E-state index is 13.6. The third-order valence-electron chi connectivity index (χ3n) is 6.16. The zero-order valence-electron chi connectivity index (χ0n) is 24.2. The number of hydrogen-bond donors (Lipinski definition) is 2. The van der Waals surface area contributed by atoms with Crippen LogP contribution in [0.2, 0.25) is 0 Å². The summed E-state index contributed by atoms with van der Waals surface area (Å²) in [5.74, 6) is -3.51. The summed E-state index contributed by atoms with van der Waals surface area (Å²) in [4.78, 5) is 48.6. The van der Waals surface area contributed by atoms with Crippen LogP contribution in [-0.2, 0) is 15.8 Å². The molecule has 5 rings (SSSR count). The predicted molar refractivity (Wildman–Crippen MR) is 156 cm³/mol. The highest BCUT2D eigenvalue weighted by molar-refractivity contribution is 6.05. The predicted octanol–water partition coefficient (Wildman–Crippen LogP) is 3.23. The zero-order chi connectivity index (χ0) is 33.4. The van der Waals surface area contributed by atoms with E-state index in [2.05, 4.69) is 30.6 Å². The van der Waals surface area contributed by atoms with Crippen molar-refractivity contribution in [2.75, 3.05) is 10.6 Å². The fraction of sp³-hybridized carbons (Fsp3) is 0.129.